The molecule has 0 aromatic carbocycles. The first kappa shape index (κ1) is 14.0. The minimum absolute atomic E-state index is 0.718. The van der Waals surface area contributed by atoms with Gasteiger partial charge in [0.15, 0.2) is 5.82 Å². The molecule has 0 atom stereocenters. The Balaban J connectivity index is 2.52. The summed E-state index contributed by atoms with van der Waals surface area (Å²) in [6, 6.07) is 1.96. The molecule has 0 aliphatic carbocycles. The average Bonchev–Trinajstić information content (AvgIpc) is 2.88. The maximum atomic E-state index is 4.63. The summed E-state index contributed by atoms with van der Waals surface area (Å²) in [5, 5.41) is 7.42. The van der Waals surface area contributed by atoms with Crippen LogP contribution in [0.1, 0.15) is 26.0 Å². The topological polar surface area (TPSA) is 55.6 Å². The molecule has 0 amide bonds. The fraction of sp³-hybridized carbons (Fsp3) is 0.462. The van der Waals surface area contributed by atoms with E-state index in [1.165, 1.54) is 0 Å². The number of hydrogen-bond acceptors (Lipinski definition) is 4. The van der Waals surface area contributed by atoms with Gasteiger partial charge in [-0.05, 0) is 34.8 Å². The average molecular weight is 324 g/mol. The number of rotatable bonds is 5. The number of nitrogens with one attached hydrogen (secondary N) is 1. The lowest BCUT2D eigenvalue weighted by molar-refractivity contribution is 0.606. The second-order valence-electron chi connectivity index (χ2n) is 4.20. The predicted octanol–water partition coefficient (Wildman–Crippen LogP) is 3.12. The molecule has 0 aliphatic rings. The van der Waals surface area contributed by atoms with E-state index in [9.17, 15) is 0 Å². The number of hydrogen-bond donors (Lipinski definition) is 1. The summed E-state index contributed by atoms with van der Waals surface area (Å²) in [7, 11) is 1.86. The van der Waals surface area contributed by atoms with Gasteiger partial charge >= 0.3 is 0 Å². The molecule has 0 saturated heterocycles. The van der Waals surface area contributed by atoms with Crippen LogP contribution in [0.25, 0.3) is 11.5 Å². The van der Waals surface area contributed by atoms with E-state index in [2.05, 4.69) is 50.2 Å². The van der Waals surface area contributed by atoms with E-state index in [-0.39, 0.29) is 0 Å². The summed E-state index contributed by atoms with van der Waals surface area (Å²) in [5.41, 5.74) is 1.96. The second kappa shape index (κ2) is 6.14. The molecule has 0 radical (unpaired) electrons. The Morgan fingerprint density at radius 1 is 1.32 bits per heavy atom. The molecular weight excluding hydrogens is 306 g/mol. The normalized spacial score (nSPS) is 10.7. The Morgan fingerprint density at radius 3 is 2.74 bits per heavy atom. The first-order valence-electron chi connectivity index (χ1n) is 6.47. The quantitative estimate of drug-likeness (QED) is 0.918. The first-order chi connectivity index (χ1) is 9.21. The Bertz CT molecular complexity index is 539. The van der Waals surface area contributed by atoms with E-state index in [0.29, 0.717) is 0 Å². The van der Waals surface area contributed by atoms with Crippen LogP contribution < -0.4 is 5.32 Å². The highest BCUT2D eigenvalue weighted by atomic mass is 79.9. The van der Waals surface area contributed by atoms with Crippen LogP contribution in [0.5, 0.6) is 0 Å². The van der Waals surface area contributed by atoms with E-state index in [0.717, 1.165) is 46.9 Å². The molecule has 6 heteroatoms. The van der Waals surface area contributed by atoms with Crippen LogP contribution in [-0.2, 0) is 13.0 Å². The predicted molar refractivity (Wildman–Crippen MR) is 80.2 cm³/mol. The zero-order chi connectivity index (χ0) is 13.8. The van der Waals surface area contributed by atoms with Crippen molar-refractivity contribution in [3.05, 3.63) is 22.4 Å². The molecule has 0 fully saturated rings. The van der Waals surface area contributed by atoms with Gasteiger partial charge in [0.2, 0.25) is 0 Å². The maximum absolute atomic E-state index is 4.63. The van der Waals surface area contributed by atoms with Crippen molar-refractivity contribution in [3.8, 4) is 11.5 Å². The number of nitrogens with zero attached hydrogens (tertiary/aromatic N) is 4. The molecule has 2 rings (SSSR count). The van der Waals surface area contributed by atoms with Gasteiger partial charge in [0.25, 0.3) is 0 Å². The largest absolute Gasteiger partial charge is 0.372 e. The van der Waals surface area contributed by atoms with Gasteiger partial charge in [-0.25, -0.2) is 9.97 Å². The Kier molecular flexibility index (Phi) is 4.52. The van der Waals surface area contributed by atoms with Crippen molar-refractivity contribution < 1.29 is 0 Å². The van der Waals surface area contributed by atoms with Gasteiger partial charge in [-0.15, -0.1) is 0 Å². The molecule has 2 aromatic rings. The molecule has 0 spiro atoms. The zero-order valence-electron chi connectivity index (χ0n) is 11.4. The van der Waals surface area contributed by atoms with E-state index < -0.39 is 0 Å². The number of halogens is 1. The number of aromatic nitrogens is 4. The lowest BCUT2D eigenvalue weighted by atomic mass is 10.3. The molecule has 5 nitrogen and oxygen atoms in total. The van der Waals surface area contributed by atoms with Crippen LogP contribution in [0.15, 0.2) is 16.7 Å². The van der Waals surface area contributed by atoms with Gasteiger partial charge in [-0.1, -0.05) is 13.8 Å². The lowest BCUT2D eigenvalue weighted by Crippen LogP contribution is -2.07. The molecular formula is C13H18BrN5. The molecule has 19 heavy (non-hydrogen) atoms. The third-order valence-corrected chi connectivity index (χ3v) is 3.71. The van der Waals surface area contributed by atoms with E-state index >= 15 is 0 Å². The zero-order valence-corrected chi connectivity index (χ0v) is 13.0. The van der Waals surface area contributed by atoms with Crippen molar-refractivity contribution >= 4 is 21.7 Å². The van der Waals surface area contributed by atoms with E-state index in [1.54, 1.807) is 6.20 Å². The Labute approximate surface area is 121 Å². The summed E-state index contributed by atoms with van der Waals surface area (Å²) < 4.78 is 2.88. The minimum atomic E-state index is 0.718. The van der Waals surface area contributed by atoms with Crippen molar-refractivity contribution in [1.82, 2.24) is 19.7 Å². The first-order valence-corrected chi connectivity index (χ1v) is 7.26. The monoisotopic (exact) mass is 323 g/mol. The van der Waals surface area contributed by atoms with Crippen molar-refractivity contribution in [2.45, 2.75) is 33.2 Å². The second-order valence-corrected chi connectivity index (χ2v) is 4.99. The number of aryl methyl sites for hydroxylation is 2. The third kappa shape index (κ3) is 2.78. The molecule has 0 aliphatic heterocycles. The van der Waals surface area contributed by atoms with Crippen molar-refractivity contribution in [3.63, 3.8) is 0 Å². The van der Waals surface area contributed by atoms with Crippen LogP contribution in [0.4, 0.5) is 5.82 Å². The Morgan fingerprint density at radius 2 is 2.11 bits per heavy atom. The highest BCUT2D eigenvalue weighted by Crippen LogP contribution is 2.27. The molecule has 0 bridgehead atoms. The highest BCUT2D eigenvalue weighted by molar-refractivity contribution is 9.10. The molecule has 0 unspecified atom stereocenters. The van der Waals surface area contributed by atoms with Crippen LogP contribution >= 0.6 is 15.9 Å². The highest BCUT2D eigenvalue weighted by Gasteiger charge is 2.14. The van der Waals surface area contributed by atoms with Gasteiger partial charge < -0.3 is 5.32 Å². The molecule has 2 heterocycles. The van der Waals surface area contributed by atoms with Crippen LogP contribution in [0.2, 0.25) is 0 Å². The maximum Gasteiger partial charge on any atom is 0.180 e. The minimum Gasteiger partial charge on any atom is -0.372 e. The summed E-state index contributed by atoms with van der Waals surface area (Å²) >= 11 is 3.54. The lowest BCUT2D eigenvalue weighted by Gasteiger charge is -2.11. The molecule has 1 N–H and O–H groups in total. The summed E-state index contributed by atoms with van der Waals surface area (Å²) in [6.07, 6.45) is 3.68. The molecule has 2 aromatic heterocycles. The third-order valence-electron chi connectivity index (χ3n) is 2.87. The van der Waals surface area contributed by atoms with Crippen molar-refractivity contribution in [2.24, 2.45) is 0 Å². The molecule has 0 saturated carbocycles. The van der Waals surface area contributed by atoms with Crippen LogP contribution in [-0.4, -0.2) is 26.8 Å². The SMILES string of the molecule is CCCn1nccc1-c1nc(CC)c(Br)c(NC)n1. The van der Waals surface area contributed by atoms with E-state index in [4.69, 9.17) is 0 Å². The Hall–Kier alpha value is -1.43. The summed E-state index contributed by atoms with van der Waals surface area (Å²) in [5.74, 6) is 1.53. The van der Waals surface area contributed by atoms with Gasteiger partial charge in [-0.3, -0.25) is 4.68 Å². The van der Waals surface area contributed by atoms with Gasteiger partial charge in [0.05, 0.1) is 10.2 Å². The van der Waals surface area contributed by atoms with Crippen molar-refractivity contribution in [1.29, 1.82) is 0 Å². The van der Waals surface area contributed by atoms with Gasteiger partial charge in [-0.2, -0.15) is 5.10 Å². The summed E-state index contributed by atoms with van der Waals surface area (Å²) in [4.78, 5) is 9.18. The van der Waals surface area contributed by atoms with Crippen LogP contribution in [0.3, 0.4) is 0 Å². The van der Waals surface area contributed by atoms with Gasteiger partial charge in [0, 0.05) is 19.8 Å². The van der Waals surface area contributed by atoms with Crippen molar-refractivity contribution in [2.75, 3.05) is 12.4 Å². The molecule has 102 valence electrons. The summed E-state index contributed by atoms with van der Waals surface area (Å²) in [6.45, 7) is 5.09. The fourth-order valence-corrected chi connectivity index (χ4v) is 2.58. The standard InChI is InChI=1S/C13H18BrN5/c1-4-8-19-10(6-7-16-19)12-17-9(5-2)11(14)13(15-3)18-12/h6-7H,4-5,8H2,1-3H3,(H,15,17,18). The fourth-order valence-electron chi connectivity index (χ4n) is 1.92. The van der Waals surface area contributed by atoms with Crippen LogP contribution in [0, 0.1) is 0 Å². The number of anilines is 1. The smallest absolute Gasteiger partial charge is 0.180 e. The van der Waals surface area contributed by atoms with E-state index in [1.807, 2.05) is 17.8 Å². The van der Waals surface area contributed by atoms with Gasteiger partial charge in [0.1, 0.15) is 11.5 Å².